The first-order valence-corrected chi connectivity index (χ1v) is 9.43. The van der Waals surface area contributed by atoms with Gasteiger partial charge in [0.25, 0.3) is 0 Å². The smallest absolute Gasteiger partial charge is 0.170 e. The summed E-state index contributed by atoms with van der Waals surface area (Å²) in [6, 6.07) is 10.7. The summed E-state index contributed by atoms with van der Waals surface area (Å²) in [6.45, 7) is 16.5. The van der Waals surface area contributed by atoms with Gasteiger partial charge in [-0.1, -0.05) is 49.8 Å². The zero-order chi connectivity index (χ0) is 18.4. The molecule has 0 bridgehead atoms. The van der Waals surface area contributed by atoms with Crippen molar-refractivity contribution in [2.75, 3.05) is 32.8 Å². The first-order valence-electron chi connectivity index (χ1n) is 9.43. The minimum Gasteiger partial charge on any atom is -0.347 e. The van der Waals surface area contributed by atoms with Crippen molar-refractivity contribution in [2.45, 2.75) is 44.8 Å². The summed E-state index contributed by atoms with van der Waals surface area (Å²) in [5.74, 6) is -0.233. The number of nitrogens with zero attached hydrogens (tertiary/aromatic N) is 1. The lowest BCUT2D eigenvalue weighted by Crippen LogP contribution is -2.45. The average Bonchev–Trinajstić information content (AvgIpc) is 3.13. The van der Waals surface area contributed by atoms with E-state index in [1.807, 2.05) is 6.08 Å². The molecule has 0 N–H and O–H groups in total. The molecule has 3 nitrogen and oxygen atoms in total. The predicted molar refractivity (Wildman–Crippen MR) is 107 cm³/mol. The van der Waals surface area contributed by atoms with Crippen LogP contribution in [0.5, 0.6) is 0 Å². The third-order valence-electron chi connectivity index (χ3n) is 4.48. The fourth-order valence-corrected chi connectivity index (χ4v) is 3.04. The van der Waals surface area contributed by atoms with Gasteiger partial charge in [0.05, 0.1) is 13.2 Å². The molecular weight excluding hydrogens is 310 g/mol. The molecule has 2 aliphatic heterocycles. The Bertz CT molecular complexity index is 444. The Kier molecular flexibility index (Phi) is 11.1. The summed E-state index contributed by atoms with van der Waals surface area (Å²) in [5.41, 5.74) is 1.42. The third kappa shape index (κ3) is 8.00. The monoisotopic (exact) mass is 345 g/mol. The van der Waals surface area contributed by atoms with E-state index in [9.17, 15) is 0 Å². The highest BCUT2D eigenvalue weighted by atomic mass is 16.7. The van der Waals surface area contributed by atoms with Crippen molar-refractivity contribution in [2.24, 2.45) is 0 Å². The zero-order valence-corrected chi connectivity index (χ0v) is 15.9. The molecule has 3 rings (SSSR count). The number of hydrogen-bond acceptors (Lipinski definition) is 3. The topological polar surface area (TPSA) is 21.7 Å². The first-order chi connectivity index (χ1) is 12.3. The molecule has 0 atom stereocenters. The van der Waals surface area contributed by atoms with Crippen molar-refractivity contribution in [1.29, 1.82) is 0 Å². The Balaban J connectivity index is 0.000000388. The van der Waals surface area contributed by atoms with Crippen LogP contribution in [0.25, 0.3) is 0 Å². The van der Waals surface area contributed by atoms with Crippen molar-refractivity contribution in [3.63, 3.8) is 0 Å². The van der Waals surface area contributed by atoms with Gasteiger partial charge in [0.1, 0.15) is 0 Å². The van der Waals surface area contributed by atoms with E-state index in [1.54, 1.807) is 0 Å². The molecule has 0 saturated carbocycles. The summed E-state index contributed by atoms with van der Waals surface area (Å²) in [5, 5.41) is 0. The molecule has 140 valence electrons. The van der Waals surface area contributed by atoms with Gasteiger partial charge in [-0.05, 0) is 18.4 Å². The predicted octanol–water partition coefficient (Wildman–Crippen LogP) is 4.84. The number of piperidine rings is 1. The van der Waals surface area contributed by atoms with Gasteiger partial charge in [0.2, 0.25) is 0 Å². The number of rotatable bonds is 5. The quantitative estimate of drug-likeness (QED) is 0.713. The second kappa shape index (κ2) is 12.9. The number of unbranched alkanes of at least 4 members (excludes halogenated alkanes) is 1. The highest BCUT2D eigenvalue weighted by Gasteiger charge is 2.39. The van der Waals surface area contributed by atoms with Crippen molar-refractivity contribution >= 4 is 0 Å². The molecule has 2 aliphatic rings. The lowest BCUT2D eigenvalue weighted by atomic mass is 10.0. The molecule has 0 amide bonds. The lowest BCUT2D eigenvalue weighted by Gasteiger charge is -2.37. The first kappa shape index (κ1) is 21.6. The number of allylic oxidation sites excluding steroid dienone is 1. The Morgan fingerprint density at radius 1 is 1.08 bits per heavy atom. The average molecular weight is 346 g/mol. The summed E-state index contributed by atoms with van der Waals surface area (Å²) in [7, 11) is 0. The van der Waals surface area contributed by atoms with Crippen LogP contribution in [0.4, 0.5) is 0 Å². The van der Waals surface area contributed by atoms with Crippen molar-refractivity contribution in [3.05, 3.63) is 61.7 Å². The van der Waals surface area contributed by atoms with E-state index < -0.39 is 0 Å². The van der Waals surface area contributed by atoms with E-state index in [0.717, 1.165) is 58.5 Å². The minimum atomic E-state index is -0.233. The van der Waals surface area contributed by atoms with Gasteiger partial charge in [-0.2, -0.15) is 0 Å². The second-order valence-corrected chi connectivity index (χ2v) is 6.26. The van der Waals surface area contributed by atoms with Crippen LogP contribution >= 0.6 is 0 Å². The van der Waals surface area contributed by atoms with Crippen LogP contribution in [0.2, 0.25) is 0 Å². The van der Waals surface area contributed by atoms with Crippen LogP contribution in [0.3, 0.4) is 0 Å². The maximum atomic E-state index is 5.74. The SMILES string of the molecule is C=C.C=CCCC.c1ccc(CCN2CCC3(CC2)OCCO3)cc1. The van der Waals surface area contributed by atoms with Crippen LogP contribution in [0, 0.1) is 0 Å². The largest absolute Gasteiger partial charge is 0.347 e. The third-order valence-corrected chi connectivity index (χ3v) is 4.48. The van der Waals surface area contributed by atoms with Crippen molar-refractivity contribution in [3.8, 4) is 0 Å². The van der Waals surface area contributed by atoms with Crippen LogP contribution < -0.4 is 0 Å². The van der Waals surface area contributed by atoms with Crippen molar-refractivity contribution in [1.82, 2.24) is 4.90 Å². The highest BCUT2D eigenvalue weighted by molar-refractivity contribution is 5.14. The van der Waals surface area contributed by atoms with Crippen LogP contribution in [0.15, 0.2) is 56.1 Å². The molecule has 25 heavy (non-hydrogen) atoms. The zero-order valence-electron chi connectivity index (χ0n) is 15.9. The van der Waals surface area contributed by atoms with E-state index in [2.05, 4.69) is 61.9 Å². The summed E-state index contributed by atoms with van der Waals surface area (Å²) < 4.78 is 11.5. The second-order valence-electron chi connectivity index (χ2n) is 6.26. The molecule has 0 radical (unpaired) electrons. The van der Waals surface area contributed by atoms with E-state index in [1.165, 1.54) is 12.0 Å². The number of benzene rings is 1. The Morgan fingerprint density at radius 2 is 1.68 bits per heavy atom. The van der Waals surface area contributed by atoms with Crippen LogP contribution in [-0.2, 0) is 15.9 Å². The summed E-state index contributed by atoms with van der Waals surface area (Å²) in [4.78, 5) is 2.52. The fourth-order valence-electron chi connectivity index (χ4n) is 3.04. The Morgan fingerprint density at radius 3 is 2.16 bits per heavy atom. The molecule has 2 fully saturated rings. The van der Waals surface area contributed by atoms with Gasteiger partial charge in [-0.15, -0.1) is 19.7 Å². The number of ether oxygens (including phenoxy) is 2. The van der Waals surface area contributed by atoms with Gasteiger partial charge in [-0.25, -0.2) is 0 Å². The van der Waals surface area contributed by atoms with Crippen LogP contribution in [0.1, 0.15) is 38.2 Å². The molecule has 0 unspecified atom stereocenters. The molecule has 1 aromatic carbocycles. The normalized spacial score (nSPS) is 18.6. The summed E-state index contributed by atoms with van der Waals surface area (Å²) in [6.07, 6.45) is 7.47. The minimum absolute atomic E-state index is 0.233. The molecule has 2 saturated heterocycles. The van der Waals surface area contributed by atoms with Crippen molar-refractivity contribution < 1.29 is 9.47 Å². The van der Waals surface area contributed by atoms with E-state index in [4.69, 9.17) is 9.47 Å². The van der Waals surface area contributed by atoms with Gasteiger partial charge < -0.3 is 14.4 Å². The van der Waals surface area contributed by atoms with E-state index in [-0.39, 0.29) is 5.79 Å². The highest BCUT2D eigenvalue weighted by Crippen LogP contribution is 2.31. The molecule has 2 heterocycles. The molecule has 3 heteroatoms. The molecule has 0 aliphatic carbocycles. The number of hydrogen-bond donors (Lipinski definition) is 0. The summed E-state index contributed by atoms with van der Waals surface area (Å²) >= 11 is 0. The fraction of sp³-hybridized carbons (Fsp3) is 0.545. The maximum absolute atomic E-state index is 5.74. The maximum Gasteiger partial charge on any atom is 0.170 e. The standard InChI is InChI=1S/C15H21NO2.C5H10.C2H4/c1-2-4-14(5-3-1)6-9-16-10-7-15(8-11-16)17-12-13-18-15;1-3-5-4-2;1-2/h1-5H,6-13H2;3H,1,4-5H2,2H3;1-2H2. The molecule has 1 spiro atoms. The van der Waals surface area contributed by atoms with Gasteiger partial charge in [0, 0.05) is 32.5 Å². The molecular formula is C22H35NO2. The van der Waals surface area contributed by atoms with Crippen LogP contribution in [-0.4, -0.2) is 43.5 Å². The van der Waals surface area contributed by atoms with Gasteiger partial charge in [-0.3, -0.25) is 0 Å². The Labute approximate surface area is 154 Å². The number of likely N-dealkylation sites (tertiary alicyclic amines) is 1. The van der Waals surface area contributed by atoms with Gasteiger partial charge >= 0.3 is 0 Å². The lowest BCUT2D eigenvalue weighted by molar-refractivity contribution is -0.185. The Hall–Kier alpha value is -1.42. The van der Waals surface area contributed by atoms with E-state index in [0.29, 0.717) is 0 Å². The molecule has 1 aromatic rings. The van der Waals surface area contributed by atoms with E-state index >= 15 is 0 Å². The van der Waals surface area contributed by atoms with Gasteiger partial charge in [0.15, 0.2) is 5.79 Å². The molecule has 0 aromatic heterocycles.